The van der Waals surface area contributed by atoms with E-state index in [1.807, 2.05) is 32.0 Å². The van der Waals surface area contributed by atoms with Crippen LogP contribution in [0.5, 0.6) is 5.75 Å². The number of esters is 1. The van der Waals surface area contributed by atoms with Crippen LogP contribution in [0.15, 0.2) is 18.2 Å². The molecule has 0 aromatic heterocycles. The Morgan fingerprint density at radius 3 is 2.58 bits per heavy atom. The number of nitrogens with two attached hydrogens (primary N) is 1. The zero-order valence-corrected chi connectivity index (χ0v) is 12.3. The zero-order valence-electron chi connectivity index (χ0n) is 12.3. The van der Waals surface area contributed by atoms with E-state index in [1.165, 1.54) is 7.11 Å². The molecule has 1 aromatic carbocycles. The molecule has 1 atom stereocenters. The van der Waals surface area contributed by atoms with Gasteiger partial charge >= 0.3 is 5.97 Å². The number of benzene rings is 1. The SMILES string of the molecule is COC(=O)C(C)(C)COc1ccc(C)cc1[C@@H](C)N. The molecule has 1 rings (SSSR count). The normalized spacial score (nSPS) is 12.9. The van der Waals surface area contributed by atoms with E-state index in [0.717, 1.165) is 16.9 Å². The summed E-state index contributed by atoms with van der Waals surface area (Å²) in [7, 11) is 1.38. The van der Waals surface area contributed by atoms with E-state index in [9.17, 15) is 4.79 Å². The fourth-order valence-corrected chi connectivity index (χ4v) is 1.75. The maximum Gasteiger partial charge on any atom is 0.314 e. The lowest BCUT2D eigenvalue weighted by Gasteiger charge is -2.23. The van der Waals surface area contributed by atoms with Gasteiger partial charge in [-0.2, -0.15) is 0 Å². The first-order valence-corrected chi connectivity index (χ1v) is 6.35. The third-order valence-electron chi connectivity index (χ3n) is 2.98. The topological polar surface area (TPSA) is 61.5 Å². The second-order valence-electron chi connectivity index (χ2n) is 5.49. The van der Waals surface area contributed by atoms with Gasteiger partial charge in [0.2, 0.25) is 0 Å². The first kappa shape index (κ1) is 15.5. The lowest BCUT2D eigenvalue weighted by atomic mass is 9.95. The van der Waals surface area contributed by atoms with Crippen LogP contribution in [0.4, 0.5) is 0 Å². The smallest absolute Gasteiger partial charge is 0.314 e. The molecular formula is C15H23NO3. The van der Waals surface area contributed by atoms with Gasteiger partial charge in [0.25, 0.3) is 0 Å². The van der Waals surface area contributed by atoms with Gasteiger partial charge in [-0.1, -0.05) is 17.7 Å². The fraction of sp³-hybridized carbons (Fsp3) is 0.533. The van der Waals surface area contributed by atoms with Crippen molar-refractivity contribution in [2.45, 2.75) is 33.7 Å². The van der Waals surface area contributed by atoms with Crippen molar-refractivity contribution in [1.82, 2.24) is 0 Å². The zero-order chi connectivity index (χ0) is 14.6. The third kappa shape index (κ3) is 3.96. The third-order valence-corrected chi connectivity index (χ3v) is 2.98. The lowest BCUT2D eigenvalue weighted by Crippen LogP contribution is -2.32. The summed E-state index contributed by atoms with van der Waals surface area (Å²) in [6, 6.07) is 5.75. The summed E-state index contributed by atoms with van der Waals surface area (Å²) in [5, 5.41) is 0. The van der Waals surface area contributed by atoms with E-state index in [1.54, 1.807) is 13.8 Å². The van der Waals surface area contributed by atoms with E-state index in [2.05, 4.69) is 0 Å². The lowest BCUT2D eigenvalue weighted by molar-refractivity contribution is -0.152. The van der Waals surface area contributed by atoms with Crippen LogP contribution in [-0.4, -0.2) is 19.7 Å². The van der Waals surface area contributed by atoms with Crippen molar-refractivity contribution in [3.05, 3.63) is 29.3 Å². The van der Waals surface area contributed by atoms with Crippen LogP contribution in [0.1, 0.15) is 37.9 Å². The van der Waals surface area contributed by atoms with Crippen LogP contribution >= 0.6 is 0 Å². The molecule has 0 bridgehead atoms. The number of carbonyl (C=O) groups excluding carboxylic acids is 1. The van der Waals surface area contributed by atoms with Gasteiger partial charge in [0, 0.05) is 11.6 Å². The van der Waals surface area contributed by atoms with Crippen molar-refractivity contribution in [2.24, 2.45) is 11.1 Å². The average Bonchev–Trinajstić information content (AvgIpc) is 2.36. The Balaban J connectivity index is 2.86. The summed E-state index contributed by atoms with van der Waals surface area (Å²) >= 11 is 0. The standard InChI is InChI=1S/C15H23NO3/c1-10-6-7-13(12(8-10)11(2)16)19-9-15(3,4)14(17)18-5/h6-8,11H,9,16H2,1-5H3/t11-/m1/s1. The van der Waals surface area contributed by atoms with Crippen LogP contribution in [0.25, 0.3) is 0 Å². The Kier molecular flexibility index (Phi) is 4.95. The molecule has 1 aromatic rings. The molecule has 0 heterocycles. The highest BCUT2D eigenvalue weighted by Gasteiger charge is 2.30. The molecule has 0 aliphatic carbocycles. The van der Waals surface area contributed by atoms with Crippen LogP contribution in [-0.2, 0) is 9.53 Å². The van der Waals surface area contributed by atoms with E-state index in [4.69, 9.17) is 15.2 Å². The van der Waals surface area contributed by atoms with Gasteiger partial charge in [0.15, 0.2) is 0 Å². The maximum atomic E-state index is 11.6. The minimum absolute atomic E-state index is 0.115. The molecule has 4 heteroatoms. The Labute approximate surface area is 114 Å². The first-order valence-electron chi connectivity index (χ1n) is 6.35. The van der Waals surface area contributed by atoms with Gasteiger partial charge in [-0.15, -0.1) is 0 Å². The number of rotatable bonds is 5. The minimum Gasteiger partial charge on any atom is -0.492 e. The van der Waals surface area contributed by atoms with E-state index < -0.39 is 5.41 Å². The summed E-state index contributed by atoms with van der Waals surface area (Å²) in [6.07, 6.45) is 0. The second-order valence-corrected chi connectivity index (χ2v) is 5.49. The van der Waals surface area contributed by atoms with Gasteiger partial charge in [-0.05, 0) is 33.8 Å². The van der Waals surface area contributed by atoms with Crippen LogP contribution in [0.3, 0.4) is 0 Å². The minimum atomic E-state index is -0.686. The molecule has 0 fully saturated rings. The Morgan fingerprint density at radius 2 is 2.05 bits per heavy atom. The summed E-state index contributed by atoms with van der Waals surface area (Å²) in [6.45, 7) is 7.75. The number of aryl methyl sites for hydroxylation is 1. The molecule has 0 radical (unpaired) electrons. The quantitative estimate of drug-likeness (QED) is 0.831. The highest BCUT2D eigenvalue weighted by molar-refractivity contribution is 5.75. The Hall–Kier alpha value is -1.55. The van der Waals surface area contributed by atoms with Crippen LogP contribution in [0.2, 0.25) is 0 Å². The fourth-order valence-electron chi connectivity index (χ4n) is 1.75. The number of ether oxygens (including phenoxy) is 2. The van der Waals surface area contributed by atoms with Crippen molar-refractivity contribution < 1.29 is 14.3 Å². The molecule has 106 valence electrons. The Bertz CT molecular complexity index is 453. The largest absolute Gasteiger partial charge is 0.492 e. The molecule has 0 saturated heterocycles. The van der Waals surface area contributed by atoms with Gasteiger partial charge in [0.05, 0.1) is 12.5 Å². The summed E-state index contributed by atoms with van der Waals surface area (Å²) < 4.78 is 10.5. The number of carbonyl (C=O) groups is 1. The number of hydrogen-bond donors (Lipinski definition) is 1. The molecule has 4 nitrogen and oxygen atoms in total. The predicted molar refractivity (Wildman–Crippen MR) is 75.1 cm³/mol. The van der Waals surface area contributed by atoms with Gasteiger partial charge in [-0.25, -0.2) is 0 Å². The molecule has 2 N–H and O–H groups in total. The van der Waals surface area contributed by atoms with Gasteiger partial charge < -0.3 is 15.2 Å². The molecule has 0 amide bonds. The van der Waals surface area contributed by atoms with Gasteiger partial charge in [0.1, 0.15) is 12.4 Å². The number of hydrogen-bond acceptors (Lipinski definition) is 4. The predicted octanol–water partition coefficient (Wildman–Crippen LogP) is 2.59. The van der Waals surface area contributed by atoms with Crippen molar-refractivity contribution in [1.29, 1.82) is 0 Å². The summed E-state index contributed by atoms with van der Waals surface area (Å²) in [4.78, 5) is 11.6. The van der Waals surface area contributed by atoms with Crippen molar-refractivity contribution in [2.75, 3.05) is 13.7 Å². The highest BCUT2D eigenvalue weighted by atomic mass is 16.5. The molecule has 0 aliphatic heterocycles. The van der Waals surface area contributed by atoms with Crippen molar-refractivity contribution in [3.63, 3.8) is 0 Å². The highest BCUT2D eigenvalue weighted by Crippen LogP contribution is 2.27. The van der Waals surface area contributed by atoms with Crippen molar-refractivity contribution >= 4 is 5.97 Å². The van der Waals surface area contributed by atoms with E-state index in [-0.39, 0.29) is 18.6 Å². The summed E-state index contributed by atoms with van der Waals surface area (Å²) in [5.41, 5.74) is 7.33. The van der Waals surface area contributed by atoms with Crippen LogP contribution < -0.4 is 10.5 Å². The average molecular weight is 265 g/mol. The molecule has 0 unspecified atom stereocenters. The Morgan fingerprint density at radius 1 is 1.42 bits per heavy atom. The van der Waals surface area contributed by atoms with Crippen LogP contribution in [0, 0.1) is 12.3 Å². The second kappa shape index (κ2) is 6.06. The van der Waals surface area contributed by atoms with Crippen molar-refractivity contribution in [3.8, 4) is 5.75 Å². The monoisotopic (exact) mass is 265 g/mol. The molecule has 19 heavy (non-hydrogen) atoms. The van der Waals surface area contributed by atoms with E-state index in [0.29, 0.717) is 0 Å². The maximum absolute atomic E-state index is 11.6. The summed E-state index contributed by atoms with van der Waals surface area (Å²) in [5.74, 6) is 0.430. The first-order chi connectivity index (χ1) is 8.77. The molecule has 0 saturated carbocycles. The number of methoxy groups -OCH3 is 1. The van der Waals surface area contributed by atoms with E-state index >= 15 is 0 Å². The molecular weight excluding hydrogens is 242 g/mol. The van der Waals surface area contributed by atoms with Gasteiger partial charge in [-0.3, -0.25) is 4.79 Å². The molecule has 0 spiro atoms. The molecule has 0 aliphatic rings.